The molecular weight excluding hydrogens is 252 g/mol. The van der Waals surface area contributed by atoms with Crippen molar-refractivity contribution in [2.75, 3.05) is 11.1 Å². The Morgan fingerprint density at radius 3 is 2.85 bits per heavy atom. The first kappa shape index (κ1) is 14.1. The van der Waals surface area contributed by atoms with Gasteiger partial charge in [0.15, 0.2) is 0 Å². The molecule has 1 amide bonds. The third-order valence-corrected chi connectivity index (χ3v) is 3.24. The zero-order valence-corrected chi connectivity index (χ0v) is 11.9. The van der Waals surface area contributed by atoms with Crippen LogP contribution in [0.2, 0.25) is 0 Å². The predicted molar refractivity (Wildman–Crippen MR) is 80.4 cm³/mol. The van der Waals surface area contributed by atoms with E-state index in [0.29, 0.717) is 12.1 Å². The Hall–Kier alpha value is -2.30. The maximum Gasteiger partial charge on any atom is 0.224 e. The van der Waals surface area contributed by atoms with Gasteiger partial charge >= 0.3 is 0 Å². The minimum Gasteiger partial charge on any atom is -0.399 e. The van der Waals surface area contributed by atoms with Crippen LogP contribution in [0.5, 0.6) is 0 Å². The number of benzene rings is 1. The molecule has 0 saturated heterocycles. The van der Waals surface area contributed by atoms with Crippen LogP contribution < -0.4 is 11.1 Å². The topological polar surface area (TPSA) is 72.9 Å². The average molecular weight is 272 g/mol. The standard InChI is InChI=1S/C15H20N4O/c1-11-5-6-13(16)10-14(11)18-15(20)4-3-9-19-12(2)7-8-17-19/h5-8,10H,3-4,9,16H2,1-2H3,(H,18,20). The van der Waals surface area contributed by atoms with Crippen molar-refractivity contribution in [2.45, 2.75) is 33.2 Å². The number of aromatic nitrogens is 2. The number of anilines is 2. The second kappa shape index (κ2) is 6.23. The van der Waals surface area contributed by atoms with Gasteiger partial charge in [0.05, 0.1) is 0 Å². The molecule has 1 aromatic carbocycles. The lowest BCUT2D eigenvalue weighted by Gasteiger charge is -2.09. The molecule has 5 nitrogen and oxygen atoms in total. The highest BCUT2D eigenvalue weighted by atomic mass is 16.1. The Kier molecular flexibility index (Phi) is 4.40. The van der Waals surface area contributed by atoms with E-state index in [4.69, 9.17) is 5.73 Å². The minimum absolute atomic E-state index is 0.00325. The number of hydrogen-bond acceptors (Lipinski definition) is 3. The number of nitrogens with zero attached hydrogens (tertiary/aromatic N) is 2. The zero-order chi connectivity index (χ0) is 14.5. The molecule has 0 fully saturated rings. The van der Waals surface area contributed by atoms with Gasteiger partial charge < -0.3 is 11.1 Å². The number of nitrogen functional groups attached to an aromatic ring is 1. The van der Waals surface area contributed by atoms with Crippen LogP contribution in [-0.2, 0) is 11.3 Å². The van der Waals surface area contributed by atoms with Crippen molar-refractivity contribution >= 4 is 17.3 Å². The van der Waals surface area contributed by atoms with Gasteiger partial charge in [0.1, 0.15) is 0 Å². The Morgan fingerprint density at radius 2 is 2.15 bits per heavy atom. The summed E-state index contributed by atoms with van der Waals surface area (Å²) in [5, 5.41) is 7.09. The molecule has 0 unspecified atom stereocenters. The number of carbonyl (C=O) groups is 1. The lowest BCUT2D eigenvalue weighted by atomic mass is 10.1. The maximum atomic E-state index is 11.9. The molecule has 2 rings (SSSR count). The predicted octanol–water partition coefficient (Wildman–Crippen LogP) is 2.50. The molecule has 2 aromatic rings. The molecule has 0 bridgehead atoms. The van der Waals surface area contributed by atoms with E-state index in [1.165, 1.54) is 0 Å². The number of carbonyl (C=O) groups excluding carboxylic acids is 1. The van der Waals surface area contributed by atoms with E-state index < -0.39 is 0 Å². The zero-order valence-electron chi connectivity index (χ0n) is 11.9. The highest BCUT2D eigenvalue weighted by molar-refractivity contribution is 5.91. The first-order valence-electron chi connectivity index (χ1n) is 6.70. The summed E-state index contributed by atoms with van der Waals surface area (Å²) in [5.74, 6) is 0.00325. The first-order chi connectivity index (χ1) is 9.56. The van der Waals surface area contributed by atoms with Gasteiger partial charge in [-0.2, -0.15) is 5.10 Å². The fourth-order valence-electron chi connectivity index (χ4n) is 2.01. The van der Waals surface area contributed by atoms with E-state index >= 15 is 0 Å². The third-order valence-electron chi connectivity index (χ3n) is 3.24. The van der Waals surface area contributed by atoms with E-state index in [-0.39, 0.29) is 5.91 Å². The smallest absolute Gasteiger partial charge is 0.224 e. The summed E-state index contributed by atoms with van der Waals surface area (Å²) < 4.78 is 1.90. The highest BCUT2D eigenvalue weighted by Gasteiger charge is 2.06. The van der Waals surface area contributed by atoms with Crippen LogP contribution in [0.25, 0.3) is 0 Å². The Bertz CT molecular complexity index is 604. The first-order valence-corrected chi connectivity index (χ1v) is 6.70. The van der Waals surface area contributed by atoms with Crippen molar-refractivity contribution in [3.63, 3.8) is 0 Å². The van der Waals surface area contributed by atoms with Crippen LogP contribution >= 0.6 is 0 Å². The Labute approximate surface area is 118 Å². The van der Waals surface area contributed by atoms with Gasteiger partial charge in [-0.3, -0.25) is 9.48 Å². The minimum atomic E-state index is 0.00325. The largest absolute Gasteiger partial charge is 0.399 e. The number of rotatable bonds is 5. The van der Waals surface area contributed by atoms with Crippen molar-refractivity contribution < 1.29 is 4.79 Å². The van der Waals surface area contributed by atoms with E-state index in [2.05, 4.69) is 10.4 Å². The van der Waals surface area contributed by atoms with Gasteiger partial charge in [-0.15, -0.1) is 0 Å². The van der Waals surface area contributed by atoms with Crippen LogP contribution in [-0.4, -0.2) is 15.7 Å². The SMILES string of the molecule is Cc1ccc(N)cc1NC(=O)CCCn1nccc1C. The van der Waals surface area contributed by atoms with Gasteiger partial charge in [0.2, 0.25) is 5.91 Å². The lowest BCUT2D eigenvalue weighted by molar-refractivity contribution is -0.116. The summed E-state index contributed by atoms with van der Waals surface area (Å²) in [6.45, 7) is 4.70. The fourth-order valence-corrected chi connectivity index (χ4v) is 2.01. The van der Waals surface area contributed by atoms with Crippen molar-refractivity contribution in [1.82, 2.24) is 9.78 Å². The number of nitrogens with two attached hydrogens (primary N) is 1. The van der Waals surface area contributed by atoms with Crippen LogP contribution in [0.1, 0.15) is 24.1 Å². The molecule has 3 N–H and O–H groups in total. The van der Waals surface area contributed by atoms with Crippen molar-refractivity contribution in [1.29, 1.82) is 0 Å². The van der Waals surface area contributed by atoms with Crippen LogP contribution in [0.15, 0.2) is 30.5 Å². The molecular formula is C15H20N4O. The number of aryl methyl sites for hydroxylation is 3. The molecule has 106 valence electrons. The maximum absolute atomic E-state index is 11.9. The Morgan fingerprint density at radius 1 is 1.35 bits per heavy atom. The van der Waals surface area contributed by atoms with Crippen LogP contribution in [0, 0.1) is 13.8 Å². The number of nitrogens with one attached hydrogen (secondary N) is 1. The molecule has 0 saturated carbocycles. The number of hydrogen-bond donors (Lipinski definition) is 2. The summed E-state index contributed by atoms with van der Waals surface area (Å²) in [6, 6.07) is 7.46. The van der Waals surface area contributed by atoms with Crippen molar-refractivity contribution in [2.24, 2.45) is 0 Å². The quantitative estimate of drug-likeness (QED) is 0.821. The number of amides is 1. The molecule has 0 aliphatic heterocycles. The van der Waals surface area contributed by atoms with Gasteiger partial charge in [-0.25, -0.2) is 0 Å². The highest BCUT2D eigenvalue weighted by Crippen LogP contribution is 2.18. The molecule has 0 aliphatic carbocycles. The molecule has 0 atom stereocenters. The van der Waals surface area contributed by atoms with E-state index in [0.717, 1.165) is 29.9 Å². The van der Waals surface area contributed by atoms with Gasteiger partial charge in [0, 0.05) is 36.2 Å². The normalized spacial score (nSPS) is 10.5. The van der Waals surface area contributed by atoms with E-state index in [9.17, 15) is 4.79 Å². The van der Waals surface area contributed by atoms with Gasteiger partial charge in [-0.1, -0.05) is 6.07 Å². The molecule has 20 heavy (non-hydrogen) atoms. The fraction of sp³-hybridized carbons (Fsp3) is 0.333. The molecule has 5 heteroatoms. The summed E-state index contributed by atoms with van der Waals surface area (Å²) >= 11 is 0. The molecule has 1 aromatic heterocycles. The molecule has 0 aliphatic rings. The Balaban J connectivity index is 1.84. The van der Waals surface area contributed by atoms with Gasteiger partial charge in [0.25, 0.3) is 0 Å². The molecule has 0 spiro atoms. The second-order valence-corrected chi connectivity index (χ2v) is 4.92. The van der Waals surface area contributed by atoms with E-state index in [1.807, 2.05) is 36.7 Å². The summed E-state index contributed by atoms with van der Waals surface area (Å²) in [6.07, 6.45) is 2.99. The van der Waals surface area contributed by atoms with Gasteiger partial charge in [-0.05, 0) is 44.0 Å². The third kappa shape index (κ3) is 3.60. The summed E-state index contributed by atoms with van der Waals surface area (Å²) in [5.41, 5.74) is 9.27. The molecule has 1 heterocycles. The van der Waals surface area contributed by atoms with E-state index in [1.54, 1.807) is 12.3 Å². The monoisotopic (exact) mass is 272 g/mol. The lowest BCUT2D eigenvalue weighted by Crippen LogP contribution is -2.14. The van der Waals surface area contributed by atoms with Crippen molar-refractivity contribution in [3.05, 3.63) is 41.7 Å². The van der Waals surface area contributed by atoms with Crippen molar-refractivity contribution in [3.8, 4) is 0 Å². The summed E-state index contributed by atoms with van der Waals surface area (Å²) in [4.78, 5) is 11.9. The molecule has 0 radical (unpaired) electrons. The van der Waals surface area contributed by atoms with Crippen LogP contribution in [0.3, 0.4) is 0 Å². The average Bonchev–Trinajstić information content (AvgIpc) is 2.80. The summed E-state index contributed by atoms with van der Waals surface area (Å²) in [7, 11) is 0. The van der Waals surface area contributed by atoms with Crippen LogP contribution in [0.4, 0.5) is 11.4 Å². The second-order valence-electron chi connectivity index (χ2n) is 4.92.